The summed E-state index contributed by atoms with van der Waals surface area (Å²) in [5, 5.41) is 13.8. The molecule has 5 heteroatoms. The van der Waals surface area contributed by atoms with Gasteiger partial charge in [-0.05, 0) is 29.7 Å². The number of rotatable bonds is 3. The molecule has 0 radical (unpaired) electrons. The molecule has 0 atom stereocenters. The molecule has 1 aromatic carbocycles. The van der Waals surface area contributed by atoms with Gasteiger partial charge in [-0.15, -0.1) is 0 Å². The number of anilines is 1. The molecule has 0 unspecified atom stereocenters. The molecule has 2 N–H and O–H groups in total. The van der Waals surface area contributed by atoms with Gasteiger partial charge in [0.25, 0.3) is 0 Å². The van der Waals surface area contributed by atoms with Gasteiger partial charge in [-0.1, -0.05) is 13.8 Å². The molecule has 1 aliphatic carbocycles. The van der Waals surface area contributed by atoms with Crippen LogP contribution in [-0.2, 0) is 4.79 Å². The number of halogens is 1. The van der Waals surface area contributed by atoms with Crippen molar-refractivity contribution in [2.45, 2.75) is 26.7 Å². The minimum absolute atomic E-state index is 0.0657. The maximum absolute atomic E-state index is 12.7. The summed E-state index contributed by atoms with van der Waals surface area (Å²) in [5.74, 6) is -0.385. The smallest absolute Gasteiger partial charge is 0.168 e. The van der Waals surface area contributed by atoms with Crippen LogP contribution in [-0.4, -0.2) is 17.1 Å². The van der Waals surface area contributed by atoms with Crippen molar-refractivity contribution < 1.29 is 14.3 Å². The first-order valence-electron chi connectivity index (χ1n) is 6.37. The van der Waals surface area contributed by atoms with E-state index in [1.165, 1.54) is 30.5 Å². The summed E-state index contributed by atoms with van der Waals surface area (Å²) in [6.07, 6.45) is 2.15. The Morgan fingerprint density at radius 2 is 1.95 bits per heavy atom. The number of hydrogen-bond donors (Lipinski definition) is 2. The van der Waals surface area contributed by atoms with E-state index >= 15 is 0 Å². The lowest BCUT2D eigenvalue weighted by Crippen LogP contribution is -2.26. The number of benzene rings is 1. The molecule has 20 heavy (non-hydrogen) atoms. The number of allylic oxidation sites excluding steroid dienone is 2. The second kappa shape index (κ2) is 5.45. The van der Waals surface area contributed by atoms with E-state index in [0.717, 1.165) is 0 Å². The van der Waals surface area contributed by atoms with Crippen LogP contribution in [0.5, 0.6) is 0 Å². The van der Waals surface area contributed by atoms with Crippen LogP contribution < -0.4 is 5.43 Å². The fraction of sp³-hybridized carbons (Fsp3) is 0.333. The van der Waals surface area contributed by atoms with E-state index < -0.39 is 0 Å². The Morgan fingerprint density at radius 1 is 1.30 bits per heavy atom. The normalized spacial score (nSPS) is 18.6. The van der Waals surface area contributed by atoms with E-state index in [9.17, 15) is 14.3 Å². The minimum atomic E-state index is -0.329. The van der Waals surface area contributed by atoms with Crippen LogP contribution in [0.25, 0.3) is 0 Å². The van der Waals surface area contributed by atoms with E-state index in [1.54, 1.807) is 0 Å². The van der Waals surface area contributed by atoms with Crippen LogP contribution in [0.2, 0.25) is 0 Å². The largest absolute Gasteiger partial charge is 0.511 e. The number of ketones is 1. The Kier molecular flexibility index (Phi) is 3.88. The number of nitrogens with one attached hydrogen (secondary N) is 1. The fourth-order valence-electron chi connectivity index (χ4n) is 2.14. The third-order valence-electron chi connectivity index (χ3n) is 3.13. The number of aliphatic hydroxyl groups excluding tert-OH is 1. The van der Waals surface area contributed by atoms with Gasteiger partial charge >= 0.3 is 0 Å². The highest BCUT2D eigenvalue weighted by Gasteiger charge is 2.32. The Morgan fingerprint density at radius 3 is 2.55 bits per heavy atom. The molecule has 0 aromatic heterocycles. The molecule has 106 valence electrons. The molecule has 1 aromatic rings. The molecular formula is C15H17FN2O2. The Labute approximate surface area is 117 Å². The molecule has 0 fully saturated rings. The highest BCUT2D eigenvalue weighted by Crippen LogP contribution is 2.35. The lowest BCUT2D eigenvalue weighted by Gasteiger charge is -2.28. The van der Waals surface area contributed by atoms with Crippen LogP contribution in [0.4, 0.5) is 10.1 Å². The average Bonchev–Trinajstić information content (AvgIpc) is 2.33. The fourth-order valence-corrected chi connectivity index (χ4v) is 2.14. The summed E-state index contributed by atoms with van der Waals surface area (Å²) >= 11 is 0. The molecule has 0 aliphatic heterocycles. The molecule has 0 heterocycles. The van der Waals surface area contributed by atoms with Gasteiger partial charge < -0.3 is 5.11 Å². The van der Waals surface area contributed by atoms with E-state index in [0.29, 0.717) is 18.5 Å². The first-order valence-corrected chi connectivity index (χ1v) is 6.37. The van der Waals surface area contributed by atoms with E-state index in [-0.39, 0.29) is 28.3 Å². The van der Waals surface area contributed by atoms with Gasteiger partial charge in [0.1, 0.15) is 11.6 Å². The second-order valence-electron chi connectivity index (χ2n) is 5.68. The van der Waals surface area contributed by atoms with Gasteiger partial charge in [0.15, 0.2) is 5.78 Å². The maximum atomic E-state index is 12.7. The van der Waals surface area contributed by atoms with Gasteiger partial charge in [-0.25, -0.2) is 4.39 Å². The molecular weight excluding hydrogens is 259 g/mol. The average molecular weight is 276 g/mol. The standard InChI is InChI=1S/C15H17FN2O2/c1-15(2)7-13(19)12(14(20)8-15)9-17-18-11-5-3-10(16)4-6-11/h3-6,9,18-19H,7-8H2,1-2H3/b17-9+. The summed E-state index contributed by atoms with van der Waals surface area (Å²) in [4.78, 5) is 11.9. The molecule has 0 amide bonds. The van der Waals surface area contributed by atoms with Crippen molar-refractivity contribution in [3.63, 3.8) is 0 Å². The Balaban J connectivity index is 2.07. The lowest BCUT2D eigenvalue weighted by molar-refractivity contribution is -0.117. The zero-order chi connectivity index (χ0) is 14.8. The third kappa shape index (κ3) is 3.44. The van der Waals surface area contributed by atoms with Crippen molar-refractivity contribution in [3.8, 4) is 0 Å². The van der Waals surface area contributed by atoms with Gasteiger partial charge in [0.05, 0.1) is 17.5 Å². The highest BCUT2D eigenvalue weighted by molar-refractivity contribution is 6.14. The van der Waals surface area contributed by atoms with Gasteiger partial charge in [0, 0.05) is 12.8 Å². The number of carbonyl (C=O) groups excluding carboxylic acids is 1. The first kappa shape index (κ1) is 14.2. The molecule has 1 aliphatic rings. The van der Waals surface area contributed by atoms with Crippen LogP contribution in [0, 0.1) is 11.2 Å². The summed E-state index contributed by atoms with van der Waals surface area (Å²) in [6, 6.07) is 5.69. The zero-order valence-corrected chi connectivity index (χ0v) is 11.5. The summed E-state index contributed by atoms with van der Waals surface area (Å²) in [5.41, 5.74) is 3.31. The highest BCUT2D eigenvalue weighted by atomic mass is 19.1. The summed E-state index contributed by atoms with van der Waals surface area (Å²) < 4.78 is 12.7. The second-order valence-corrected chi connectivity index (χ2v) is 5.68. The van der Waals surface area contributed by atoms with Crippen LogP contribution in [0.1, 0.15) is 26.7 Å². The van der Waals surface area contributed by atoms with Gasteiger partial charge in [0.2, 0.25) is 0 Å². The predicted octanol–water partition coefficient (Wildman–Crippen LogP) is 3.42. The van der Waals surface area contributed by atoms with E-state index in [2.05, 4.69) is 10.5 Å². The van der Waals surface area contributed by atoms with Crippen LogP contribution >= 0.6 is 0 Å². The minimum Gasteiger partial charge on any atom is -0.511 e. The predicted molar refractivity (Wildman–Crippen MR) is 76.2 cm³/mol. The SMILES string of the molecule is CC1(C)CC(=O)C(/C=N/Nc2ccc(F)cc2)=C(O)C1. The maximum Gasteiger partial charge on any atom is 0.168 e. The Hall–Kier alpha value is -2.17. The topological polar surface area (TPSA) is 61.7 Å². The zero-order valence-electron chi connectivity index (χ0n) is 11.5. The number of hydrogen-bond acceptors (Lipinski definition) is 4. The number of hydrazone groups is 1. The van der Waals surface area contributed by atoms with Gasteiger partial charge in [-0.2, -0.15) is 5.10 Å². The van der Waals surface area contributed by atoms with Crippen molar-refractivity contribution in [2.75, 3.05) is 5.43 Å². The molecule has 0 spiro atoms. The van der Waals surface area contributed by atoms with Crippen molar-refractivity contribution in [2.24, 2.45) is 10.5 Å². The van der Waals surface area contributed by atoms with Crippen molar-refractivity contribution >= 4 is 17.7 Å². The van der Waals surface area contributed by atoms with Gasteiger partial charge in [-0.3, -0.25) is 10.2 Å². The molecule has 0 saturated carbocycles. The van der Waals surface area contributed by atoms with Crippen molar-refractivity contribution in [1.29, 1.82) is 0 Å². The molecule has 4 nitrogen and oxygen atoms in total. The van der Waals surface area contributed by atoms with Crippen LogP contribution in [0.15, 0.2) is 40.7 Å². The van der Waals surface area contributed by atoms with E-state index in [4.69, 9.17) is 0 Å². The third-order valence-corrected chi connectivity index (χ3v) is 3.13. The first-order chi connectivity index (χ1) is 9.37. The quantitative estimate of drug-likeness (QED) is 0.656. The number of Topliss-reactive ketones (excluding diaryl/α,β-unsaturated/α-hetero) is 1. The van der Waals surface area contributed by atoms with Crippen molar-refractivity contribution in [1.82, 2.24) is 0 Å². The summed E-state index contributed by atoms with van der Waals surface area (Å²) in [6.45, 7) is 3.87. The van der Waals surface area contributed by atoms with Crippen LogP contribution in [0.3, 0.4) is 0 Å². The van der Waals surface area contributed by atoms with Crippen molar-refractivity contribution in [3.05, 3.63) is 41.4 Å². The monoisotopic (exact) mass is 276 g/mol. The molecule has 0 saturated heterocycles. The van der Waals surface area contributed by atoms with E-state index in [1.807, 2.05) is 13.8 Å². The number of carbonyl (C=O) groups is 1. The molecule has 0 bridgehead atoms. The molecule has 2 rings (SSSR count). The summed E-state index contributed by atoms with van der Waals surface area (Å²) in [7, 11) is 0. The Bertz CT molecular complexity index is 574. The number of nitrogens with zero attached hydrogens (tertiary/aromatic N) is 1. The lowest BCUT2D eigenvalue weighted by atomic mass is 9.77. The number of aliphatic hydroxyl groups is 1.